The van der Waals surface area contributed by atoms with Gasteiger partial charge in [0.25, 0.3) is 0 Å². The predicted molar refractivity (Wildman–Crippen MR) is 96.5 cm³/mol. The summed E-state index contributed by atoms with van der Waals surface area (Å²) in [7, 11) is 0. The lowest BCUT2D eigenvalue weighted by Crippen LogP contribution is -2.44. The Morgan fingerprint density at radius 3 is 2.55 bits per heavy atom. The molecule has 0 aromatic heterocycles. The fourth-order valence-electron chi connectivity index (χ4n) is 3.09. The predicted octanol–water partition coefficient (Wildman–Crippen LogP) is 5.17. The Bertz CT molecular complexity index is 488. The van der Waals surface area contributed by atoms with Crippen LogP contribution in [0.3, 0.4) is 0 Å². The minimum Gasteiger partial charge on any atom is -0.335 e. The highest BCUT2D eigenvalue weighted by atomic mass is 35.5. The SMILES string of the molecule is CCC1CCC(c2ccc(Cl)cc2)N(CCSC(C)C)C1=O. The molecule has 22 heavy (non-hydrogen) atoms. The quantitative estimate of drug-likeness (QED) is 0.712. The smallest absolute Gasteiger partial charge is 0.226 e. The average molecular weight is 340 g/mol. The van der Waals surface area contributed by atoms with Gasteiger partial charge in [-0.1, -0.05) is 44.5 Å². The second kappa shape index (κ2) is 8.26. The van der Waals surface area contributed by atoms with E-state index in [0.29, 0.717) is 11.2 Å². The molecule has 122 valence electrons. The zero-order chi connectivity index (χ0) is 16.1. The summed E-state index contributed by atoms with van der Waals surface area (Å²) in [5, 5.41) is 1.36. The Hall–Kier alpha value is -0.670. The van der Waals surface area contributed by atoms with Gasteiger partial charge in [0.05, 0.1) is 6.04 Å². The number of halogens is 1. The minimum atomic E-state index is 0.201. The van der Waals surface area contributed by atoms with E-state index in [2.05, 4.69) is 37.8 Å². The van der Waals surface area contributed by atoms with Crippen LogP contribution in [-0.4, -0.2) is 28.4 Å². The van der Waals surface area contributed by atoms with Gasteiger partial charge in [0.2, 0.25) is 5.91 Å². The second-order valence-electron chi connectivity index (χ2n) is 6.20. The Kier molecular flexibility index (Phi) is 6.64. The molecule has 2 rings (SSSR count). The lowest BCUT2D eigenvalue weighted by Gasteiger charge is -2.39. The maximum Gasteiger partial charge on any atom is 0.226 e. The van der Waals surface area contributed by atoms with Gasteiger partial charge in [-0.25, -0.2) is 0 Å². The maximum absolute atomic E-state index is 12.8. The van der Waals surface area contributed by atoms with Gasteiger partial charge in [0.15, 0.2) is 0 Å². The first-order valence-corrected chi connectivity index (χ1v) is 9.63. The normalized spacial score (nSPS) is 22.4. The topological polar surface area (TPSA) is 20.3 Å². The van der Waals surface area contributed by atoms with Crippen molar-refractivity contribution in [3.8, 4) is 0 Å². The van der Waals surface area contributed by atoms with Gasteiger partial charge in [-0.15, -0.1) is 0 Å². The molecule has 0 bridgehead atoms. The van der Waals surface area contributed by atoms with Gasteiger partial charge >= 0.3 is 0 Å². The molecule has 1 heterocycles. The molecule has 4 heteroatoms. The van der Waals surface area contributed by atoms with Crippen molar-refractivity contribution >= 4 is 29.3 Å². The third-order valence-electron chi connectivity index (χ3n) is 4.33. The standard InChI is InChI=1S/C18H26ClNOS/c1-4-14-7-10-17(15-5-8-16(19)9-6-15)20(18(14)21)11-12-22-13(2)3/h5-6,8-9,13-14,17H,4,7,10-12H2,1-3H3. The van der Waals surface area contributed by atoms with Crippen LogP contribution in [0, 0.1) is 5.92 Å². The van der Waals surface area contributed by atoms with Crippen molar-refractivity contribution in [2.75, 3.05) is 12.3 Å². The van der Waals surface area contributed by atoms with Crippen LogP contribution in [0.15, 0.2) is 24.3 Å². The van der Waals surface area contributed by atoms with Crippen molar-refractivity contribution in [2.45, 2.75) is 51.3 Å². The number of carbonyl (C=O) groups excluding carboxylic acids is 1. The van der Waals surface area contributed by atoms with Crippen molar-refractivity contribution in [1.29, 1.82) is 0 Å². The van der Waals surface area contributed by atoms with Crippen LogP contribution in [0.5, 0.6) is 0 Å². The Morgan fingerprint density at radius 1 is 1.27 bits per heavy atom. The first-order chi connectivity index (χ1) is 10.5. The van der Waals surface area contributed by atoms with Gasteiger partial charge in [-0.3, -0.25) is 4.79 Å². The van der Waals surface area contributed by atoms with E-state index >= 15 is 0 Å². The van der Waals surface area contributed by atoms with E-state index in [1.807, 2.05) is 23.9 Å². The van der Waals surface area contributed by atoms with Gasteiger partial charge in [0, 0.05) is 23.2 Å². The van der Waals surface area contributed by atoms with E-state index in [-0.39, 0.29) is 12.0 Å². The second-order valence-corrected chi connectivity index (χ2v) is 8.32. The number of hydrogen-bond acceptors (Lipinski definition) is 2. The van der Waals surface area contributed by atoms with E-state index in [0.717, 1.165) is 36.6 Å². The molecule has 0 N–H and O–H groups in total. The molecule has 2 unspecified atom stereocenters. The zero-order valence-electron chi connectivity index (χ0n) is 13.7. The van der Waals surface area contributed by atoms with Gasteiger partial charge in [0.1, 0.15) is 0 Å². The summed E-state index contributed by atoms with van der Waals surface area (Å²) < 4.78 is 0. The fourth-order valence-corrected chi connectivity index (χ4v) is 3.99. The average Bonchev–Trinajstić information content (AvgIpc) is 2.49. The molecule has 1 aromatic carbocycles. The van der Waals surface area contributed by atoms with Crippen LogP contribution in [-0.2, 0) is 4.79 Å². The summed E-state index contributed by atoms with van der Waals surface area (Å²) in [6, 6.07) is 8.19. The Balaban J connectivity index is 2.14. The largest absolute Gasteiger partial charge is 0.335 e. The van der Waals surface area contributed by atoms with Gasteiger partial charge in [-0.2, -0.15) is 11.8 Å². The molecule has 1 aromatic rings. The van der Waals surface area contributed by atoms with Crippen molar-refractivity contribution in [3.05, 3.63) is 34.9 Å². The van der Waals surface area contributed by atoms with E-state index in [4.69, 9.17) is 11.6 Å². The molecule has 1 aliphatic heterocycles. The summed E-state index contributed by atoms with van der Waals surface area (Å²) in [6.07, 6.45) is 2.99. The van der Waals surface area contributed by atoms with E-state index in [9.17, 15) is 4.79 Å². The van der Waals surface area contributed by atoms with E-state index < -0.39 is 0 Å². The first-order valence-electron chi connectivity index (χ1n) is 8.20. The molecule has 2 nitrogen and oxygen atoms in total. The first kappa shape index (κ1) is 17.7. The van der Waals surface area contributed by atoms with E-state index in [1.165, 1.54) is 5.56 Å². The number of nitrogens with zero attached hydrogens (tertiary/aromatic N) is 1. The molecule has 0 spiro atoms. The molecule has 1 saturated heterocycles. The van der Waals surface area contributed by atoms with Crippen molar-refractivity contribution in [3.63, 3.8) is 0 Å². The lowest BCUT2D eigenvalue weighted by molar-refractivity contribution is -0.141. The number of rotatable bonds is 6. The van der Waals surface area contributed by atoms with Crippen LogP contribution >= 0.6 is 23.4 Å². The van der Waals surface area contributed by atoms with Crippen molar-refractivity contribution in [1.82, 2.24) is 4.90 Å². The number of hydrogen-bond donors (Lipinski definition) is 0. The molecular weight excluding hydrogens is 314 g/mol. The van der Waals surface area contributed by atoms with Gasteiger partial charge < -0.3 is 4.90 Å². The number of likely N-dealkylation sites (tertiary alicyclic amines) is 1. The lowest BCUT2D eigenvalue weighted by atomic mass is 9.87. The molecule has 0 saturated carbocycles. The van der Waals surface area contributed by atoms with Crippen LogP contribution in [0.2, 0.25) is 5.02 Å². The molecular formula is C18H26ClNOS. The monoisotopic (exact) mass is 339 g/mol. The highest BCUT2D eigenvalue weighted by Crippen LogP contribution is 2.36. The molecule has 1 fully saturated rings. The minimum absolute atomic E-state index is 0.201. The van der Waals surface area contributed by atoms with E-state index in [1.54, 1.807) is 0 Å². The summed E-state index contributed by atoms with van der Waals surface area (Å²) in [5.74, 6) is 1.54. The Labute approximate surface area is 143 Å². The summed E-state index contributed by atoms with van der Waals surface area (Å²) >= 11 is 7.92. The molecule has 1 aliphatic rings. The molecule has 1 amide bonds. The highest BCUT2D eigenvalue weighted by molar-refractivity contribution is 7.99. The number of amides is 1. The Morgan fingerprint density at radius 2 is 1.95 bits per heavy atom. The van der Waals surface area contributed by atoms with Gasteiger partial charge in [-0.05, 0) is 42.2 Å². The highest BCUT2D eigenvalue weighted by Gasteiger charge is 2.34. The number of benzene rings is 1. The summed E-state index contributed by atoms with van der Waals surface area (Å²) in [5.41, 5.74) is 1.21. The van der Waals surface area contributed by atoms with Crippen LogP contribution < -0.4 is 0 Å². The van der Waals surface area contributed by atoms with Crippen LogP contribution in [0.1, 0.15) is 51.6 Å². The zero-order valence-corrected chi connectivity index (χ0v) is 15.3. The maximum atomic E-state index is 12.8. The fraction of sp³-hybridized carbons (Fsp3) is 0.611. The number of piperidine rings is 1. The summed E-state index contributed by atoms with van der Waals surface area (Å²) in [6.45, 7) is 7.36. The molecule has 2 atom stereocenters. The summed E-state index contributed by atoms with van der Waals surface area (Å²) in [4.78, 5) is 14.9. The third-order valence-corrected chi connectivity index (χ3v) is 5.66. The van der Waals surface area contributed by atoms with Crippen molar-refractivity contribution in [2.24, 2.45) is 5.92 Å². The van der Waals surface area contributed by atoms with Crippen molar-refractivity contribution < 1.29 is 4.79 Å². The third kappa shape index (κ3) is 4.42. The number of thioether (sulfide) groups is 1. The number of carbonyl (C=O) groups is 1. The van der Waals surface area contributed by atoms with Crippen LogP contribution in [0.25, 0.3) is 0 Å². The molecule has 0 radical (unpaired) electrons. The molecule has 0 aliphatic carbocycles. The van der Waals surface area contributed by atoms with Crippen LogP contribution in [0.4, 0.5) is 0 Å².